The van der Waals surface area contributed by atoms with Crippen LogP contribution in [0.3, 0.4) is 0 Å². The number of amides is 1. The predicted octanol–water partition coefficient (Wildman–Crippen LogP) is 6.17. The Morgan fingerprint density at radius 3 is 2.51 bits per heavy atom. The van der Waals surface area contributed by atoms with E-state index in [-0.39, 0.29) is 6.04 Å². The molecule has 41 heavy (non-hydrogen) atoms. The number of ether oxygens (including phenoxy) is 2. The van der Waals surface area contributed by atoms with E-state index in [2.05, 4.69) is 22.1 Å². The first-order chi connectivity index (χ1) is 20.1. The number of hydrogen-bond donors (Lipinski definition) is 2. The number of nitrogens with zero attached hydrogens (tertiary/aromatic N) is 3. The summed E-state index contributed by atoms with van der Waals surface area (Å²) >= 11 is 0. The van der Waals surface area contributed by atoms with Crippen molar-refractivity contribution in [3.63, 3.8) is 0 Å². The average molecular weight is 546 g/mol. The summed E-state index contributed by atoms with van der Waals surface area (Å²) in [5, 5.41) is 19.9. The van der Waals surface area contributed by atoms with E-state index in [1.165, 1.54) is 5.56 Å². The van der Waals surface area contributed by atoms with Crippen LogP contribution in [-0.2, 0) is 17.6 Å². The molecule has 1 amide bonds. The van der Waals surface area contributed by atoms with Crippen molar-refractivity contribution < 1.29 is 14.3 Å². The molecule has 0 fully saturated rings. The van der Waals surface area contributed by atoms with Gasteiger partial charge in [0.1, 0.15) is 0 Å². The zero-order chi connectivity index (χ0) is 28.8. The number of H-pyrrole nitrogens is 2. The Hall–Kier alpha value is -5.21. The molecule has 0 saturated heterocycles. The molecule has 0 bridgehead atoms. The third-order valence-corrected chi connectivity index (χ3v) is 7.53. The van der Waals surface area contributed by atoms with Crippen LogP contribution < -0.4 is 9.47 Å². The van der Waals surface area contributed by atoms with Crippen molar-refractivity contribution in [2.45, 2.75) is 32.2 Å². The highest BCUT2D eigenvalue weighted by Gasteiger charge is 2.28. The van der Waals surface area contributed by atoms with Gasteiger partial charge in [-0.15, -0.1) is 0 Å². The number of hydrogen-bond acceptors (Lipinski definition) is 5. The minimum Gasteiger partial charge on any atom is -0.493 e. The largest absolute Gasteiger partial charge is 0.493 e. The number of aromatic amines is 2. The molecule has 0 aliphatic carbocycles. The molecular formula is C33H31N5O3. The molecule has 2 N–H and O–H groups in total. The van der Waals surface area contributed by atoms with Crippen LogP contribution in [0.2, 0.25) is 0 Å². The molecule has 1 aliphatic heterocycles. The number of fused-ring (bicyclic) bond motifs is 3. The van der Waals surface area contributed by atoms with Crippen LogP contribution in [0.1, 0.15) is 47.2 Å². The second-order valence-electron chi connectivity index (χ2n) is 9.86. The van der Waals surface area contributed by atoms with Gasteiger partial charge in [0.2, 0.25) is 6.41 Å². The fourth-order valence-electron chi connectivity index (χ4n) is 5.47. The zero-order valence-electron chi connectivity index (χ0n) is 23.1. The van der Waals surface area contributed by atoms with Gasteiger partial charge in [-0.3, -0.25) is 4.79 Å². The Labute approximate surface area is 238 Å². The average Bonchev–Trinajstić information content (AvgIpc) is 3.66. The highest BCUT2D eigenvalue weighted by atomic mass is 16.5. The van der Waals surface area contributed by atoms with Crippen molar-refractivity contribution in [3.8, 4) is 23.6 Å². The summed E-state index contributed by atoms with van der Waals surface area (Å²) < 4.78 is 11.3. The quantitative estimate of drug-likeness (QED) is 0.237. The summed E-state index contributed by atoms with van der Waals surface area (Å²) in [5.74, 6) is 1.44. The smallest absolute Gasteiger partial charge is 0.210 e. The predicted molar refractivity (Wildman–Crippen MR) is 158 cm³/mol. The lowest BCUT2D eigenvalue weighted by Crippen LogP contribution is -2.34. The maximum atomic E-state index is 11.8. The number of carbonyl (C=O) groups excluding carboxylic acids is 1. The SMILES string of the molecule is CCOc1cc2c(cc1OC)CCN(C=O)[C@H]2CCc1c[nH]c2ccc(C#N)cc12.N#Cc1ccc2[nH]ccc2c1. The van der Waals surface area contributed by atoms with E-state index in [1.54, 1.807) is 13.2 Å². The van der Waals surface area contributed by atoms with Crippen LogP contribution in [0.5, 0.6) is 11.5 Å². The number of benzene rings is 3. The van der Waals surface area contributed by atoms with Gasteiger partial charge in [0.05, 0.1) is 43.0 Å². The van der Waals surface area contributed by atoms with Crippen LogP contribution in [0.25, 0.3) is 21.8 Å². The summed E-state index contributed by atoms with van der Waals surface area (Å²) in [5.41, 5.74) is 6.91. The van der Waals surface area contributed by atoms with E-state index in [1.807, 2.05) is 72.7 Å². The van der Waals surface area contributed by atoms with Crippen molar-refractivity contribution >= 4 is 28.2 Å². The van der Waals surface area contributed by atoms with Gasteiger partial charge in [0.25, 0.3) is 0 Å². The number of nitriles is 2. The third kappa shape index (κ3) is 5.73. The molecular weight excluding hydrogens is 514 g/mol. The highest BCUT2D eigenvalue weighted by Crippen LogP contribution is 2.40. The summed E-state index contributed by atoms with van der Waals surface area (Å²) in [6.45, 7) is 3.18. The summed E-state index contributed by atoms with van der Waals surface area (Å²) in [6.07, 6.45) is 7.19. The Kier molecular flexibility index (Phi) is 8.22. The Balaban J connectivity index is 0.000000255. The van der Waals surface area contributed by atoms with Gasteiger partial charge < -0.3 is 24.3 Å². The Bertz CT molecular complexity index is 1770. The lowest BCUT2D eigenvalue weighted by Gasteiger charge is -2.35. The fraction of sp³-hybridized carbons (Fsp3) is 0.242. The molecule has 206 valence electrons. The molecule has 0 radical (unpaired) electrons. The molecule has 5 aromatic rings. The van der Waals surface area contributed by atoms with Gasteiger partial charge in [0.15, 0.2) is 11.5 Å². The van der Waals surface area contributed by atoms with E-state index >= 15 is 0 Å². The maximum Gasteiger partial charge on any atom is 0.210 e. The van der Waals surface area contributed by atoms with E-state index < -0.39 is 0 Å². The second kappa shape index (κ2) is 12.3. The molecule has 8 nitrogen and oxygen atoms in total. The highest BCUT2D eigenvalue weighted by molar-refractivity contribution is 5.84. The van der Waals surface area contributed by atoms with Crippen LogP contribution in [-0.4, -0.2) is 41.5 Å². The van der Waals surface area contributed by atoms with E-state index in [0.29, 0.717) is 30.0 Å². The van der Waals surface area contributed by atoms with Crippen molar-refractivity contribution in [1.29, 1.82) is 10.5 Å². The molecule has 1 aliphatic rings. The van der Waals surface area contributed by atoms with E-state index in [4.69, 9.17) is 14.7 Å². The van der Waals surface area contributed by atoms with Crippen LogP contribution in [0.15, 0.2) is 67.0 Å². The van der Waals surface area contributed by atoms with Gasteiger partial charge in [0, 0.05) is 40.7 Å². The number of rotatable bonds is 7. The lowest BCUT2D eigenvalue weighted by molar-refractivity contribution is -0.120. The molecule has 2 aromatic heterocycles. The van der Waals surface area contributed by atoms with Crippen LogP contribution in [0, 0.1) is 22.7 Å². The Morgan fingerprint density at radius 1 is 1.00 bits per heavy atom. The molecule has 6 rings (SSSR count). The molecule has 0 saturated carbocycles. The minimum absolute atomic E-state index is 0.0274. The van der Waals surface area contributed by atoms with Crippen molar-refractivity contribution in [3.05, 3.63) is 94.8 Å². The van der Waals surface area contributed by atoms with E-state index in [9.17, 15) is 10.1 Å². The molecule has 8 heteroatoms. The van der Waals surface area contributed by atoms with Gasteiger partial charge in [-0.25, -0.2) is 0 Å². The number of methoxy groups -OCH3 is 1. The molecule has 3 aromatic carbocycles. The van der Waals surface area contributed by atoms with Gasteiger partial charge >= 0.3 is 0 Å². The molecule has 1 atom stereocenters. The first-order valence-corrected chi connectivity index (χ1v) is 13.6. The van der Waals surface area contributed by atoms with Gasteiger partial charge in [-0.2, -0.15) is 10.5 Å². The number of aryl methyl sites for hydroxylation is 1. The van der Waals surface area contributed by atoms with Crippen LogP contribution >= 0.6 is 0 Å². The maximum absolute atomic E-state index is 11.8. The monoisotopic (exact) mass is 545 g/mol. The summed E-state index contributed by atoms with van der Waals surface area (Å²) in [7, 11) is 1.65. The second-order valence-corrected chi connectivity index (χ2v) is 9.86. The number of aromatic nitrogens is 2. The van der Waals surface area contributed by atoms with Crippen LogP contribution in [0.4, 0.5) is 0 Å². The molecule has 0 spiro atoms. The zero-order valence-corrected chi connectivity index (χ0v) is 23.1. The lowest BCUT2D eigenvalue weighted by atomic mass is 9.88. The number of nitrogens with one attached hydrogen (secondary N) is 2. The van der Waals surface area contributed by atoms with Gasteiger partial charge in [-0.1, -0.05) is 0 Å². The minimum atomic E-state index is -0.0274. The summed E-state index contributed by atoms with van der Waals surface area (Å²) in [4.78, 5) is 20.0. The Morgan fingerprint density at radius 2 is 1.78 bits per heavy atom. The van der Waals surface area contributed by atoms with Crippen molar-refractivity contribution in [1.82, 2.24) is 14.9 Å². The topological polar surface area (TPSA) is 118 Å². The van der Waals surface area contributed by atoms with Crippen molar-refractivity contribution in [2.75, 3.05) is 20.3 Å². The van der Waals surface area contributed by atoms with Crippen molar-refractivity contribution in [2.24, 2.45) is 0 Å². The fourth-order valence-corrected chi connectivity index (χ4v) is 5.47. The van der Waals surface area contributed by atoms with Gasteiger partial charge in [-0.05, 0) is 97.5 Å². The third-order valence-electron chi connectivity index (χ3n) is 7.53. The molecule has 0 unspecified atom stereocenters. The normalized spacial score (nSPS) is 14.0. The first kappa shape index (κ1) is 27.4. The number of carbonyl (C=O) groups is 1. The summed E-state index contributed by atoms with van der Waals surface area (Å²) in [6, 6.07) is 21.6. The molecule has 3 heterocycles. The van der Waals surface area contributed by atoms with E-state index in [0.717, 1.165) is 64.4 Å². The standard InChI is InChI=1S/C24H25N3O3.C9H6N2/c1-3-30-24-12-20-17(11-23(24)29-2)8-9-27(15-28)22(20)7-5-18-14-26-21-6-4-16(13-25)10-19(18)21;10-6-7-1-2-9-8(5-7)3-4-11-9/h4,6,10-12,14-15,22,26H,3,5,7-9H2,1-2H3;1-5,11H/t22-;/m0./s1. The first-order valence-electron chi connectivity index (χ1n) is 13.6.